The molecule has 0 spiro atoms. The third kappa shape index (κ3) is 6.40. The molecule has 0 aliphatic carbocycles. The Hall–Kier alpha value is -0.690. The maximum atomic E-state index is 10.8. The van der Waals surface area contributed by atoms with Crippen molar-refractivity contribution in [2.24, 2.45) is 0 Å². The Kier molecular flexibility index (Phi) is 9.60. The van der Waals surface area contributed by atoms with Crippen LogP contribution in [-0.2, 0) is 9.53 Å². The fourth-order valence-corrected chi connectivity index (χ4v) is 1.44. The Morgan fingerprint density at radius 2 is 1.40 bits per heavy atom. The molecule has 0 amide bonds. The van der Waals surface area contributed by atoms with E-state index < -0.39 is 11.6 Å². The van der Waals surface area contributed by atoms with Crippen LogP contribution in [0.5, 0.6) is 0 Å². The van der Waals surface area contributed by atoms with Crippen molar-refractivity contribution in [3.8, 4) is 0 Å². The molecule has 0 fully saturated rings. The summed E-state index contributed by atoms with van der Waals surface area (Å²) in [5, 5.41) is 26.4. The normalized spacial score (nSPS) is 10.7. The molecule has 6 N–H and O–H groups in total. The van der Waals surface area contributed by atoms with E-state index in [2.05, 4.69) is 0 Å². The Balaban J connectivity index is 0. The fourth-order valence-electron chi connectivity index (χ4n) is 1.44. The van der Waals surface area contributed by atoms with E-state index in [0.29, 0.717) is 0 Å². The van der Waals surface area contributed by atoms with E-state index >= 15 is 0 Å². The molecule has 0 rings (SSSR count). The van der Waals surface area contributed by atoms with Gasteiger partial charge in [0.1, 0.15) is 5.60 Å². The minimum Gasteiger partial charge on any atom is -0.459 e. The van der Waals surface area contributed by atoms with Crippen LogP contribution in [0.4, 0.5) is 0 Å². The molecular formula is C9H21NO5. The van der Waals surface area contributed by atoms with Gasteiger partial charge in [0.25, 0.3) is 0 Å². The lowest BCUT2D eigenvalue weighted by molar-refractivity contribution is -0.162. The average molecular weight is 223 g/mol. The molecule has 0 aliphatic heterocycles. The van der Waals surface area contributed by atoms with Crippen molar-refractivity contribution in [3.63, 3.8) is 0 Å². The highest BCUT2D eigenvalue weighted by Crippen LogP contribution is 2.24. The molecule has 92 valence electrons. The van der Waals surface area contributed by atoms with Crippen LogP contribution in [0.15, 0.2) is 0 Å². The van der Waals surface area contributed by atoms with E-state index in [1.54, 1.807) is 0 Å². The standard InChI is InChI=1S/C9H18O5.H3N/c1-8(13)14-9(2-5-10,3-6-11)4-7-12;/h10-12H,2-7H2,1H3;1H3. The number of hydrogen-bond acceptors (Lipinski definition) is 6. The van der Waals surface area contributed by atoms with Crippen molar-refractivity contribution in [2.75, 3.05) is 19.8 Å². The Bertz CT molecular complexity index is 157. The van der Waals surface area contributed by atoms with E-state index in [1.807, 2.05) is 0 Å². The molecule has 0 atom stereocenters. The fraction of sp³-hybridized carbons (Fsp3) is 0.889. The molecule has 0 radical (unpaired) electrons. The highest BCUT2D eigenvalue weighted by Gasteiger charge is 2.31. The van der Waals surface area contributed by atoms with Gasteiger partial charge >= 0.3 is 5.97 Å². The van der Waals surface area contributed by atoms with Crippen LogP contribution >= 0.6 is 0 Å². The van der Waals surface area contributed by atoms with Crippen LogP contribution in [-0.4, -0.2) is 46.7 Å². The monoisotopic (exact) mass is 223 g/mol. The second-order valence-electron chi connectivity index (χ2n) is 3.20. The molecule has 15 heavy (non-hydrogen) atoms. The maximum Gasteiger partial charge on any atom is 0.303 e. The van der Waals surface area contributed by atoms with Crippen molar-refractivity contribution in [3.05, 3.63) is 0 Å². The topological polar surface area (TPSA) is 122 Å². The van der Waals surface area contributed by atoms with Crippen LogP contribution in [0.25, 0.3) is 0 Å². The Morgan fingerprint density at radius 1 is 1.07 bits per heavy atom. The minimum absolute atomic E-state index is 0. The molecular weight excluding hydrogens is 202 g/mol. The van der Waals surface area contributed by atoms with Crippen LogP contribution < -0.4 is 6.15 Å². The predicted molar refractivity (Wildman–Crippen MR) is 54.6 cm³/mol. The summed E-state index contributed by atoms with van der Waals surface area (Å²) in [5.74, 6) is -0.472. The zero-order chi connectivity index (χ0) is 11.0. The van der Waals surface area contributed by atoms with Crippen molar-refractivity contribution in [1.29, 1.82) is 0 Å². The second-order valence-corrected chi connectivity index (χ2v) is 3.20. The van der Waals surface area contributed by atoms with Crippen molar-refractivity contribution in [2.45, 2.75) is 31.8 Å². The summed E-state index contributed by atoms with van der Waals surface area (Å²) in [6, 6.07) is 0. The third-order valence-electron chi connectivity index (χ3n) is 2.06. The Morgan fingerprint density at radius 3 is 1.60 bits per heavy atom. The van der Waals surface area contributed by atoms with E-state index in [9.17, 15) is 4.79 Å². The average Bonchev–Trinajstić information content (AvgIpc) is 2.03. The lowest BCUT2D eigenvalue weighted by Gasteiger charge is -2.31. The van der Waals surface area contributed by atoms with Crippen LogP contribution in [0.3, 0.4) is 0 Å². The van der Waals surface area contributed by atoms with Crippen molar-refractivity contribution >= 4 is 5.97 Å². The van der Waals surface area contributed by atoms with Gasteiger partial charge in [-0.15, -0.1) is 0 Å². The van der Waals surface area contributed by atoms with Gasteiger partial charge in [-0.25, -0.2) is 0 Å². The van der Waals surface area contributed by atoms with Gasteiger partial charge in [0.2, 0.25) is 0 Å². The van der Waals surface area contributed by atoms with Gasteiger partial charge in [-0.05, 0) is 0 Å². The number of aliphatic hydroxyl groups is 3. The van der Waals surface area contributed by atoms with Crippen LogP contribution in [0.2, 0.25) is 0 Å². The lowest BCUT2D eigenvalue weighted by Crippen LogP contribution is -2.37. The lowest BCUT2D eigenvalue weighted by atomic mass is 9.92. The maximum absolute atomic E-state index is 10.8. The highest BCUT2D eigenvalue weighted by atomic mass is 16.6. The van der Waals surface area contributed by atoms with E-state index in [-0.39, 0.29) is 45.2 Å². The molecule has 0 aromatic carbocycles. The summed E-state index contributed by atoms with van der Waals surface area (Å²) in [6.07, 6.45) is 0.690. The van der Waals surface area contributed by atoms with Gasteiger partial charge in [-0.1, -0.05) is 0 Å². The van der Waals surface area contributed by atoms with Gasteiger partial charge in [0.05, 0.1) is 0 Å². The number of carbonyl (C=O) groups is 1. The van der Waals surface area contributed by atoms with Gasteiger partial charge in [-0.3, -0.25) is 4.79 Å². The van der Waals surface area contributed by atoms with Crippen LogP contribution in [0.1, 0.15) is 26.2 Å². The van der Waals surface area contributed by atoms with Crippen molar-refractivity contribution in [1.82, 2.24) is 6.15 Å². The molecule has 0 unspecified atom stereocenters. The summed E-state index contributed by atoms with van der Waals surface area (Å²) in [4.78, 5) is 10.8. The quantitative estimate of drug-likeness (QED) is 0.435. The molecule has 0 saturated carbocycles. The van der Waals surface area contributed by atoms with Gasteiger partial charge in [-0.2, -0.15) is 0 Å². The smallest absolute Gasteiger partial charge is 0.303 e. The van der Waals surface area contributed by atoms with E-state index in [4.69, 9.17) is 20.1 Å². The molecule has 0 saturated heterocycles. The molecule has 6 heteroatoms. The number of esters is 1. The zero-order valence-corrected chi connectivity index (χ0v) is 9.11. The first kappa shape index (κ1) is 16.7. The highest BCUT2D eigenvalue weighted by molar-refractivity contribution is 5.66. The summed E-state index contributed by atoms with van der Waals surface area (Å²) >= 11 is 0. The number of hydrogen-bond donors (Lipinski definition) is 4. The summed E-state index contributed by atoms with van der Waals surface area (Å²) < 4.78 is 5.04. The van der Waals surface area contributed by atoms with Crippen molar-refractivity contribution < 1.29 is 24.9 Å². The van der Waals surface area contributed by atoms with E-state index in [1.165, 1.54) is 6.92 Å². The summed E-state index contributed by atoms with van der Waals surface area (Å²) in [7, 11) is 0. The molecule has 0 bridgehead atoms. The molecule has 0 aromatic heterocycles. The summed E-state index contributed by atoms with van der Waals surface area (Å²) in [5.41, 5.74) is -0.927. The number of aliphatic hydroxyl groups excluding tert-OH is 3. The largest absolute Gasteiger partial charge is 0.459 e. The molecule has 0 aliphatic rings. The second kappa shape index (κ2) is 8.60. The van der Waals surface area contributed by atoms with Gasteiger partial charge in [0.15, 0.2) is 0 Å². The Labute approximate surface area is 89.5 Å². The first-order valence-electron chi connectivity index (χ1n) is 4.62. The number of ether oxygens (including phenoxy) is 1. The first-order chi connectivity index (χ1) is 6.60. The third-order valence-corrected chi connectivity index (χ3v) is 2.06. The molecule has 6 nitrogen and oxygen atoms in total. The van der Waals surface area contributed by atoms with E-state index in [0.717, 1.165) is 0 Å². The first-order valence-corrected chi connectivity index (χ1v) is 4.62. The number of rotatable bonds is 7. The van der Waals surface area contributed by atoms with Gasteiger partial charge in [0, 0.05) is 46.0 Å². The van der Waals surface area contributed by atoms with Gasteiger partial charge < -0.3 is 26.2 Å². The van der Waals surface area contributed by atoms with Crippen LogP contribution in [0, 0.1) is 0 Å². The number of carbonyl (C=O) groups excluding carboxylic acids is 1. The minimum atomic E-state index is -0.927. The molecule has 0 heterocycles. The molecule has 0 aromatic rings. The summed E-state index contributed by atoms with van der Waals surface area (Å²) in [6.45, 7) is 0.828. The predicted octanol–water partition coefficient (Wildman–Crippen LogP) is -0.403. The zero-order valence-electron chi connectivity index (χ0n) is 9.11. The SMILES string of the molecule is CC(=O)OC(CCO)(CCO)CCO.N.